The molecule has 4 rings (SSSR count). The number of ketones is 1. The first-order chi connectivity index (χ1) is 15.0. The van der Waals surface area contributed by atoms with Gasteiger partial charge in [0.15, 0.2) is 0 Å². The number of pyridine rings is 2. The van der Waals surface area contributed by atoms with Crippen LogP contribution in [0.15, 0.2) is 67.1 Å². The molecule has 1 atom stereocenters. The fourth-order valence-electron chi connectivity index (χ4n) is 3.66. The van der Waals surface area contributed by atoms with E-state index in [1.165, 1.54) is 0 Å². The Balaban J connectivity index is 1.53. The van der Waals surface area contributed by atoms with Crippen LogP contribution < -0.4 is 5.32 Å². The van der Waals surface area contributed by atoms with Crippen molar-refractivity contribution >= 4 is 22.6 Å². The normalized spacial score (nSPS) is 11.9. The van der Waals surface area contributed by atoms with Crippen LogP contribution in [0.25, 0.3) is 16.6 Å². The monoisotopic (exact) mass is 413 g/mol. The second-order valence-corrected chi connectivity index (χ2v) is 7.44. The average Bonchev–Trinajstić information content (AvgIpc) is 3.21. The number of rotatable bonds is 7. The summed E-state index contributed by atoms with van der Waals surface area (Å²) in [5.41, 5.74) is 4.15. The zero-order valence-corrected chi connectivity index (χ0v) is 17.4. The van der Waals surface area contributed by atoms with E-state index >= 15 is 0 Å². The fraction of sp³-hybridized carbons (Fsp3) is 0.208. The molecule has 0 bridgehead atoms. The largest absolute Gasteiger partial charge is 0.359 e. The molecule has 156 valence electrons. The number of hydrogen-bond donors (Lipinski definition) is 1. The highest BCUT2D eigenvalue weighted by molar-refractivity contribution is 5.91. The van der Waals surface area contributed by atoms with Gasteiger partial charge < -0.3 is 5.32 Å². The number of fused-ring (bicyclic) bond motifs is 1. The van der Waals surface area contributed by atoms with Crippen molar-refractivity contribution in [2.24, 2.45) is 0 Å². The van der Waals surface area contributed by atoms with Crippen molar-refractivity contribution in [1.82, 2.24) is 25.1 Å². The highest BCUT2D eigenvalue weighted by Gasteiger charge is 2.23. The van der Waals surface area contributed by atoms with Crippen molar-refractivity contribution < 1.29 is 9.59 Å². The third kappa shape index (κ3) is 4.50. The summed E-state index contributed by atoms with van der Waals surface area (Å²) >= 11 is 0. The summed E-state index contributed by atoms with van der Waals surface area (Å²) in [5, 5.41) is 8.02. The van der Waals surface area contributed by atoms with Crippen molar-refractivity contribution in [2.75, 3.05) is 7.05 Å². The minimum Gasteiger partial charge on any atom is -0.359 e. The van der Waals surface area contributed by atoms with Crippen LogP contribution in [0, 0.1) is 6.92 Å². The van der Waals surface area contributed by atoms with E-state index in [-0.39, 0.29) is 24.5 Å². The zero-order valence-electron chi connectivity index (χ0n) is 17.4. The molecule has 0 saturated heterocycles. The molecule has 0 unspecified atom stereocenters. The number of hydrogen-bond acceptors (Lipinski definition) is 5. The molecule has 0 spiro atoms. The maximum absolute atomic E-state index is 12.8. The summed E-state index contributed by atoms with van der Waals surface area (Å²) in [6, 6.07) is 15.1. The number of aromatic nitrogens is 4. The molecule has 0 radical (unpaired) electrons. The molecule has 1 amide bonds. The topological polar surface area (TPSA) is 89.8 Å². The Labute approximate surface area is 180 Å². The van der Waals surface area contributed by atoms with Crippen LogP contribution in [0.5, 0.6) is 0 Å². The second kappa shape index (κ2) is 8.87. The van der Waals surface area contributed by atoms with Gasteiger partial charge in [0.2, 0.25) is 5.91 Å². The van der Waals surface area contributed by atoms with Gasteiger partial charge in [0.05, 0.1) is 29.5 Å². The third-order valence-electron chi connectivity index (χ3n) is 5.21. The Morgan fingerprint density at radius 2 is 1.87 bits per heavy atom. The first-order valence-corrected chi connectivity index (χ1v) is 10.1. The lowest BCUT2D eigenvalue weighted by Gasteiger charge is -2.15. The number of nitrogens with one attached hydrogen (secondary N) is 1. The number of nitrogens with zero attached hydrogens (tertiary/aromatic N) is 4. The van der Waals surface area contributed by atoms with Gasteiger partial charge in [-0.3, -0.25) is 19.6 Å². The number of amides is 1. The van der Waals surface area contributed by atoms with Gasteiger partial charge in [-0.15, -0.1) is 0 Å². The van der Waals surface area contributed by atoms with E-state index in [1.54, 1.807) is 30.3 Å². The SMILES string of the molecule is CNC(=O)[C@@H](CC(=O)Cc1cc2cnn(-c3ccnc(C)c3)c2cn1)c1ccccc1. The molecular formula is C24H23N5O2. The van der Waals surface area contributed by atoms with Crippen molar-refractivity contribution in [3.63, 3.8) is 0 Å². The number of carbonyl (C=O) groups excluding carboxylic acids is 2. The molecule has 3 heterocycles. The van der Waals surface area contributed by atoms with Crippen LogP contribution in [0.3, 0.4) is 0 Å². The van der Waals surface area contributed by atoms with Crippen LogP contribution >= 0.6 is 0 Å². The molecular weight excluding hydrogens is 390 g/mol. The predicted octanol–water partition coefficient (Wildman–Crippen LogP) is 3.16. The molecule has 0 saturated carbocycles. The molecule has 3 aromatic heterocycles. The maximum Gasteiger partial charge on any atom is 0.227 e. The molecule has 31 heavy (non-hydrogen) atoms. The smallest absolute Gasteiger partial charge is 0.227 e. The van der Waals surface area contributed by atoms with Gasteiger partial charge in [-0.25, -0.2) is 4.68 Å². The molecule has 0 aliphatic rings. The van der Waals surface area contributed by atoms with Gasteiger partial charge >= 0.3 is 0 Å². The lowest BCUT2D eigenvalue weighted by molar-refractivity contribution is -0.126. The Hall–Kier alpha value is -3.87. The van der Waals surface area contributed by atoms with Gasteiger partial charge in [0.1, 0.15) is 5.78 Å². The van der Waals surface area contributed by atoms with E-state index in [0.29, 0.717) is 5.69 Å². The van der Waals surface area contributed by atoms with Gasteiger partial charge in [-0.2, -0.15) is 5.10 Å². The minimum atomic E-state index is -0.514. The molecule has 7 nitrogen and oxygen atoms in total. The number of aryl methyl sites for hydroxylation is 1. The van der Waals surface area contributed by atoms with Gasteiger partial charge in [0, 0.05) is 42.9 Å². The zero-order chi connectivity index (χ0) is 21.8. The number of Topliss-reactive ketones (excluding diaryl/α,β-unsaturated/α-hetero) is 1. The summed E-state index contributed by atoms with van der Waals surface area (Å²) in [7, 11) is 1.58. The fourth-order valence-corrected chi connectivity index (χ4v) is 3.66. The summed E-state index contributed by atoms with van der Waals surface area (Å²) in [6.45, 7) is 1.93. The lowest BCUT2D eigenvalue weighted by atomic mass is 9.91. The lowest BCUT2D eigenvalue weighted by Crippen LogP contribution is -2.28. The maximum atomic E-state index is 12.8. The number of carbonyl (C=O) groups is 2. The summed E-state index contributed by atoms with van der Waals surface area (Å²) in [5.74, 6) is -0.724. The first-order valence-electron chi connectivity index (χ1n) is 10.1. The van der Waals surface area contributed by atoms with Crippen LogP contribution in [-0.2, 0) is 16.0 Å². The second-order valence-electron chi connectivity index (χ2n) is 7.44. The number of likely N-dealkylation sites (N-methyl/N-ethyl adjacent to an activating group) is 1. The predicted molar refractivity (Wildman–Crippen MR) is 118 cm³/mol. The van der Waals surface area contributed by atoms with Crippen molar-refractivity contribution in [3.8, 4) is 5.69 Å². The van der Waals surface area contributed by atoms with E-state index in [1.807, 2.05) is 55.5 Å². The van der Waals surface area contributed by atoms with E-state index in [4.69, 9.17) is 0 Å². The van der Waals surface area contributed by atoms with E-state index in [2.05, 4.69) is 20.4 Å². The first kappa shape index (κ1) is 20.4. The van der Waals surface area contributed by atoms with Crippen molar-refractivity contribution in [1.29, 1.82) is 0 Å². The minimum absolute atomic E-state index is 0.0403. The van der Waals surface area contributed by atoms with Gasteiger partial charge in [-0.05, 0) is 30.7 Å². The van der Waals surface area contributed by atoms with Crippen LogP contribution in [0.1, 0.15) is 29.3 Å². The highest BCUT2D eigenvalue weighted by Crippen LogP contribution is 2.22. The molecule has 1 N–H and O–H groups in total. The van der Waals surface area contributed by atoms with Gasteiger partial charge in [0.25, 0.3) is 0 Å². The van der Waals surface area contributed by atoms with E-state index in [9.17, 15) is 9.59 Å². The average molecular weight is 413 g/mol. The molecule has 7 heteroatoms. The van der Waals surface area contributed by atoms with E-state index in [0.717, 1.165) is 27.8 Å². The molecule has 0 aliphatic heterocycles. The van der Waals surface area contributed by atoms with Crippen LogP contribution in [-0.4, -0.2) is 38.5 Å². The Morgan fingerprint density at radius 3 is 2.61 bits per heavy atom. The van der Waals surface area contributed by atoms with E-state index < -0.39 is 5.92 Å². The quantitative estimate of drug-likeness (QED) is 0.503. The molecule has 0 aliphatic carbocycles. The Kier molecular flexibility index (Phi) is 5.84. The van der Waals surface area contributed by atoms with Gasteiger partial charge in [-0.1, -0.05) is 30.3 Å². The molecule has 1 aromatic carbocycles. The van der Waals surface area contributed by atoms with Crippen molar-refractivity contribution in [2.45, 2.75) is 25.7 Å². The highest BCUT2D eigenvalue weighted by atomic mass is 16.2. The van der Waals surface area contributed by atoms with Crippen LogP contribution in [0.2, 0.25) is 0 Å². The number of benzene rings is 1. The Bertz CT molecular complexity index is 1230. The van der Waals surface area contributed by atoms with Crippen molar-refractivity contribution in [3.05, 3.63) is 84.1 Å². The summed E-state index contributed by atoms with van der Waals surface area (Å²) in [6.07, 6.45) is 5.52. The third-order valence-corrected chi connectivity index (χ3v) is 5.21. The van der Waals surface area contributed by atoms with Crippen LogP contribution in [0.4, 0.5) is 0 Å². The summed E-state index contributed by atoms with van der Waals surface area (Å²) < 4.78 is 1.81. The standard InChI is InChI=1S/C24H23N5O2/c1-16-10-20(8-9-26-16)29-23-15-27-19(11-18(23)14-28-29)12-21(30)13-22(24(31)25-2)17-6-4-3-5-7-17/h3-11,14-15,22H,12-13H2,1-2H3,(H,25,31)/t22-/m0/s1. The Morgan fingerprint density at radius 1 is 1.06 bits per heavy atom. The summed E-state index contributed by atoms with van der Waals surface area (Å²) in [4.78, 5) is 33.8. The molecule has 4 aromatic rings. The molecule has 0 fully saturated rings.